The summed E-state index contributed by atoms with van der Waals surface area (Å²) in [5.74, 6) is -1.50. The average molecular weight is 369 g/mol. The van der Waals surface area contributed by atoms with Crippen molar-refractivity contribution in [3.8, 4) is 0 Å². The van der Waals surface area contributed by atoms with Gasteiger partial charge in [-0.15, -0.1) is 0 Å². The molecule has 0 spiro atoms. The first-order valence-corrected chi connectivity index (χ1v) is 8.24. The number of nitrogens with zero attached hydrogens (tertiary/aromatic N) is 1. The van der Waals surface area contributed by atoms with E-state index >= 15 is 0 Å². The molecule has 0 aromatic heterocycles. The number of halogens is 1. The van der Waals surface area contributed by atoms with E-state index in [1.54, 1.807) is 6.08 Å². The molecule has 2 rings (SSSR count). The summed E-state index contributed by atoms with van der Waals surface area (Å²) in [6, 6.07) is 13.9. The molecular formula is C21H20FNO4. The number of benzene rings is 2. The number of methoxy groups -OCH3 is 2. The van der Waals surface area contributed by atoms with Gasteiger partial charge in [-0.3, -0.25) is 4.99 Å². The zero-order valence-corrected chi connectivity index (χ0v) is 15.1. The first-order chi connectivity index (χ1) is 13.0. The maximum absolute atomic E-state index is 13.0. The molecule has 0 fully saturated rings. The van der Waals surface area contributed by atoms with E-state index in [-0.39, 0.29) is 17.8 Å². The van der Waals surface area contributed by atoms with Crippen molar-refractivity contribution in [1.82, 2.24) is 0 Å². The number of hydrogen-bond donors (Lipinski definition) is 0. The van der Waals surface area contributed by atoms with Crippen LogP contribution in [0.1, 0.15) is 17.5 Å². The molecular weight excluding hydrogens is 349 g/mol. The molecule has 0 aliphatic heterocycles. The number of aliphatic imine (C=N–C) groups is 1. The van der Waals surface area contributed by atoms with Crippen LogP contribution in [-0.4, -0.2) is 38.4 Å². The number of carbonyl (C=O) groups excluding carboxylic acids is 2. The molecule has 0 aliphatic carbocycles. The lowest BCUT2D eigenvalue weighted by Crippen LogP contribution is -2.23. The molecule has 27 heavy (non-hydrogen) atoms. The highest BCUT2D eigenvalue weighted by Gasteiger charge is 2.23. The first-order valence-electron chi connectivity index (χ1n) is 8.24. The third-order valence-corrected chi connectivity index (χ3v) is 3.75. The van der Waals surface area contributed by atoms with Crippen LogP contribution in [0.4, 0.5) is 4.39 Å². The van der Waals surface area contributed by atoms with Gasteiger partial charge in [0.2, 0.25) is 0 Å². The van der Waals surface area contributed by atoms with Crippen LogP contribution in [0.2, 0.25) is 0 Å². The van der Waals surface area contributed by atoms with Crippen LogP contribution in [0, 0.1) is 5.82 Å². The molecule has 0 saturated heterocycles. The van der Waals surface area contributed by atoms with E-state index in [1.165, 1.54) is 44.7 Å². The second kappa shape index (κ2) is 10.0. The SMILES string of the molecule is COC(=O)/C(=C\c1ccccc1)CC(N=Cc1ccc(F)cc1)C(=O)OC. The Balaban J connectivity index is 2.28. The van der Waals surface area contributed by atoms with E-state index in [9.17, 15) is 14.0 Å². The van der Waals surface area contributed by atoms with Gasteiger partial charge in [0.1, 0.15) is 5.82 Å². The Morgan fingerprint density at radius 2 is 1.67 bits per heavy atom. The molecule has 0 aliphatic rings. The van der Waals surface area contributed by atoms with Crippen LogP contribution < -0.4 is 0 Å². The Hall–Kier alpha value is -3.28. The molecule has 2 aromatic carbocycles. The number of ether oxygens (including phenoxy) is 2. The minimum Gasteiger partial charge on any atom is -0.467 e. The zero-order chi connectivity index (χ0) is 19.6. The second-order valence-corrected chi connectivity index (χ2v) is 5.64. The number of hydrogen-bond acceptors (Lipinski definition) is 5. The van der Waals surface area contributed by atoms with E-state index in [0.717, 1.165) is 5.56 Å². The Kier molecular flexibility index (Phi) is 7.43. The van der Waals surface area contributed by atoms with Crippen LogP contribution in [-0.2, 0) is 19.1 Å². The monoisotopic (exact) mass is 369 g/mol. The number of carbonyl (C=O) groups is 2. The molecule has 1 unspecified atom stereocenters. The van der Waals surface area contributed by atoms with Crippen LogP contribution in [0.5, 0.6) is 0 Å². The molecule has 0 heterocycles. The van der Waals surface area contributed by atoms with Crippen LogP contribution >= 0.6 is 0 Å². The Bertz CT molecular complexity index is 829. The molecule has 5 nitrogen and oxygen atoms in total. The fourth-order valence-electron chi connectivity index (χ4n) is 2.35. The van der Waals surface area contributed by atoms with Crippen molar-refractivity contribution in [2.45, 2.75) is 12.5 Å². The highest BCUT2D eigenvalue weighted by atomic mass is 19.1. The van der Waals surface area contributed by atoms with Crippen molar-refractivity contribution >= 4 is 24.2 Å². The Labute approximate surface area is 157 Å². The predicted molar refractivity (Wildman–Crippen MR) is 101 cm³/mol. The minimum atomic E-state index is -0.936. The van der Waals surface area contributed by atoms with E-state index in [2.05, 4.69) is 4.99 Å². The fourth-order valence-corrected chi connectivity index (χ4v) is 2.35. The number of esters is 2. The van der Waals surface area contributed by atoms with Gasteiger partial charge in [-0.25, -0.2) is 14.0 Å². The van der Waals surface area contributed by atoms with Crippen molar-refractivity contribution in [2.75, 3.05) is 14.2 Å². The van der Waals surface area contributed by atoms with Gasteiger partial charge >= 0.3 is 11.9 Å². The smallest absolute Gasteiger partial charge is 0.333 e. The molecule has 0 saturated carbocycles. The molecule has 0 bridgehead atoms. The van der Waals surface area contributed by atoms with E-state index in [4.69, 9.17) is 9.47 Å². The van der Waals surface area contributed by atoms with Gasteiger partial charge in [0.05, 0.1) is 14.2 Å². The fraction of sp³-hybridized carbons (Fsp3) is 0.190. The maximum atomic E-state index is 13.0. The van der Waals surface area contributed by atoms with Gasteiger partial charge in [-0.05, 0) is 29.3 Å². The number of rotatable bonds is 7. The summed E-state index contributed by atoms with van der Waals surface area (Å²) in [4.78, 5) is 28.5. The second-order valence-electron chi connectivity index (χ2n) is 5.64. The van der Waals surface area contributed by atoms with Crippen LogP contribution in [0.3, 0.4) is 0 Å². The van der Waals surface area contributed by atoms with E-state index in [0.29, 0.717) is 5.56 Å². The predicted octanol–water partition coefficient (Wildman–Crippen LogP) is 3.43. The van der Waals surface area contributed by atoms with Crippen molar-refractivity contribution < 1.29 is 23.5 Å². The average Bonchev–Trinajstić information content (AvgIpc) is 2.71. The van der Waals surface area contributed by atoms with E-state index in [1.807, 2.05) is 30.3 Å². The highest BCUT2D eigenvalue weighted by Crippen LogP contribution is 2.16. The largest absolute Gasteiger partial charge is 0.467 e. The lowest BCUT2D eigenvalue weighted by molar-refractivity contribution is -0.142. The normalized spacial score (nSPS) is 12.6. The van der Waals surface area contributed by atoms with Gasteiger partial charge in [0.25, 0.3) is 0 Å². The summed E-state index contributed by atoms with van der Waals surface area (Å²) in [6.07, 6.45) is 3.10. The molecule has 0 amide bonds. The summed E-state index contributed by atoms with van der Waals surface area (Å²) in [5.41, 5.74) is 1.70. The third-order valence-electron chi connectivity index (χ3n) is 3.75. The van der Waals surface area contributed by atoms with E-state index < -0.39 is 18.0 Å². The summed E-state index contributed by atoms with van der Waals surface area (Å²) in [7, 11) is 2.53. The minimum absolute atomic E-state index is 0.00589. The first kappa shape index (κ1) is 20.0. The molecule has 0 N–H and O–H groups in total. The van der Waals surface area contributed by atoms with Gasteiger partial charge in [-0.2, -0.15) is 0 Å². The van der Waals surface area contributed by atoms with Gasteiger partial charge in [0.15, 0.2) is 6.04 Å². The van der Waals surface area contributed by atoms with Gasteiger partial charge < -0.3 is 9.47 Å². The molecule has 2 aromatic rings. The van der Waals surface area contributed by atoms with Crippen LogP contribution in [0.15, 0.2) is 65.2 Å². The standard InChI is InChI=1S/C21H20FNO4/c1-26-20(24)17(12-15-6-4-3-5-7-15)13-19(21(25)27-2)23-14-16-8-10-18(22)11-9-16/h3-12,14,19H,13H2,1-2H3/b17-12-,23-14?. The quantitative estimate of drug-likeness (QED) is 0.426. The van der Waals surface area contributed by atoms with Crippen molar-refractivity contribution in [1.29, 1.82) is 0 Å². The molecule has 140 valence electrons. The van der Waals surface area contributed by atoms with Crippen molar-refractivity contribution in [3.63, 3.8) is 0 Å². The lowest BCUT2D eigenvalue weighted by Gasteiger charge is -2.12. The summed E-state index contributed by atoms with van der Waals surface area (Å²) < 4.78 is 22.6. The summed E-state index contributed by atoms with van der Waals surface area (Å²) in [5, 5.41) is 0. The Morgan fingerprint density at radius 3 is 2.26 bits per heavy atom. The topological polar surface area (TPSA) is 65.0 Å². The van der Waals surface area contributed by atoms with Gasteiger partial charge in [-0.1, -0.05) is 42.5 Å². The summed E-state index contributed by atoms with van der Waals surface area (Å²) in [6.45, 7) is 0. The molecule has 1 atom stereocenters. The zero-order valence-electron chi connectivity index (χ0n) is 15.1. The highest BCUT2D eigenvalue weighted by molar-refractivity contribution is 5.95. The third kappa shape index (κ3) is 6.18. The van der Waals surface area contributed by atoms with Gasteiger partial charge in [0, 0.05) is 18.2 Å². The van der Waals surface area contributed by atoms with Crippen molar-refractivity contribution in [3.05, 3.63) is 77.1 Å². The van der Waals surface area contributed by atoms with Crippen molar-refractivity contribution in [2.24, 2.45) is 4.99 Å². The Morgan fingerprint density at radius 1 is 1.00 bits per heavy atom. The summed E-state index contributed by atoms with van der Waals surface area (Å²) >= 11 is 0. The van der Waals surface area contributed by atoms with Crippen LogP contribution in [0.25, 0.3) is 6.08 Å². The maximum Gasteiger partial charge on any atom is 0.333 e. The molecule has 0 radical (unpaired) electrons. The lowest BCUT2D eigenvalue weighted by atomic mass is 10.0. The molecule has 6 heteroatoms.